The van der Waals surface area contributed by atoms with Gasteiger partial charge in [0.1, 0.15) is 11.6 Å². The average Bonchev–Trinajstić information content (AvgIpc) is 2.71. The van der Waals surface area contributed by atoms with Gasteiger partial charge in [0.25, 0.3) is 0 Å². The highest BCUT2D eigenvalue weighted by molar-refractivity contribution is 5.90. The molecule has 0 saturated carbocycles. The normalized spacial score (nSPS) is 18.1. The summed E-state index contributed by atoms with van der Waals surface area (Å²) in [5.41, 5.74) is 6.50. The van der Waals surface area contributed by atoms with Gasteiger partial charge in [-0.1, -0.05) is 12.1 Å². The molecular weight excluding hydrogens is 368 g/mol. The van der Waals surface area contributed by atoms with Gasteiger partial charge in [0.2, 0.25) is 5.95 Å². The zero-order chi connectivity index (χ0) is 20.0. The van der Waals surface area contributed by atoms with E-state index in [1.54, 1.807) is 16.9 Å². The lowest BCUT2D eigenvalue weighted by Gasteiger charge is -2.54. The number of rotatable bonds is 3. The standard InChI is InChI=1S/C20H24N8O/c1-22-18-23-15-5-3-2-4-14(15)17(25-18)26-12-20(13-26)7-10-27(11-8-20)28-9-6-16(21)24-19(28)29/h2-6,9H,7-8,10-13H2,1H3,(H2,21,24,29)(H,22,23,25). The van der Waals surface area contributed by atoms with Crippen LogP contribution in [0.3, 0.4) is 0 Å². The Morgan fingerprint density at radius 1 is 1.07 bits per heavy atom. The number of nitrogens with zero attached hydrogens (tertiary/aromatic N) is 6. The lowest BCUT2D eigenvalue weighted by molar-refractivity contribution is 0.149. The Balaban J connectivity index is 1.32. The molecule has 0 atom stereocenters. The maximum Gasteiger partial charge on any atom is 0.368 e. The van der Waals surface area contributed by atoms with Gasteiger partial charge in [-0.25, -0.2) is 14.5 Å². The van der Waals surface area contributed by atoms with Crippen molar-refractivity contribution >= 4 is 28.5 Å². The topological polar surface area (TPSA) is 105 Å². The predicted molar refractivity (Wildman–Crippen MR) is 114 cm³/mol. The number of fused-ring (bicyclic) bond motifs is 1. The summed E-state index contributed by atoms with van der Waals surface area (Å²) in [6.07, 6.45) is 3.77. The van der Waals surface area contributed by atoms with Crippen LogP contribution in [0.2, 0.25) is 0 Å². The fourth-order valence-electron chi connectivity index (χ4n) is 4.45. The van der Waals surface area contributed by atoms with Crippen LogP contribution in [-0.2, 0) is 0 Å². The van der Waals surface area contributed by atoms with Crippen molar-refractivity contribution in [1.29, 1.82) is 0 Å². The highest BCUT2D eigenvalue weighted by atomic mass is 16.2. The van der Waals surface area contributed by atoms with Gasteiger partial charge in [0, 0.05) is 50.2 Å². The van der Waals surface area contributed by atoms with Crippen LogP contribution in [0, 0.1) is 5.41 Å². The summed E-state index contributed by atoms with van der Waals surface area (Å²) in [6, 6.07) is 9.79. The molecule has 2 aliphatic heterocycles. The largest absolute Gasteiger partial charge is 0.383 e. The number of benzene rings is 1. The first kappa shape index (κ1) is 17.7. The fraction of sp³-hybridized carbons (Fsp3) is 0.400. The molecule has 150 valence electrons. The molecule has 2 saturated heterocycles. The molecule has 9 heteroatoms. The lowest BCUT2D eigenvalue weighted by atomic mass is 9.72. The van der Waals surface area contributed by atoms with E-state index in [0.29, 0.717) is 5.95 Å². The number of nitrogens with one attached hydrogen (secondary N) is 1. The van der Waals surface area contributed by atoms with Gasteiger partial charge >= 0.3 is 5.69 Å². The quantitative estimate of drug-likeness (QED) is 0.681. The van der Waals surface area contributed by atoms with E-state index in [0.717, 1.165) is 55.7 Å². The molecule has 4 heterocycles. The van der Waals surface area contributed by atoms with Crippen LogP contribution in [0.1, 0.15) is 12.8 Å². The molecule has 1 spiro atoms. The summed E-state index contributed by atoms with van der Waals surface area (Å²) >= 11 is 0. The highest BCUT2D eigenvalue weighted by Gasteiger charge is 2.46. The minimum absolute atomic E-state index is 0.257. The third kappa shape index (κ3) is 3.02. The zero-order valence-corrected chi connectivity index (χ0v) is 16.4. The first-order chi connectivity index (χ1) is 14.1. The van der Waals surface area contributed by atoms with Gasteiger partial charge in [0.15, 0.2) is 0 Å². The van der Waals surface area contributed by atoms with E-state index in [9.17, 15) is 4.79 Å². The van der Waals surface area contributed by atoms with Crippen molar-refractivity contribution in [2.24, 2.45) is 5.41 Å². The SMILES string of the molecule is CNc1nc(N2CC3(CCN(n4ccc(N)nc4=O)CC3)C2)c2ccccc2n1. The lowest BCUT2D eigenvalue weighted by Crippen LogP contribution is -2.62. The van der Waals surface area contributed by atoms with E-state index in [-0.39, 0.29) is 16.9 Å². The van der Waals surface area contributed by atoms with Gasteiger partial charge < -0.3 is 21.0 Å². The maximum absolute atomic E-state index is 12.1. The van der Waals surface area contributed by atoms with Crippen molar-refractivity contribution in [3.05, 3.63) is 47.0 Å². The molecule has 9 nitrogen and oxygen atoms in total. The number of aromatic nitrogens is 4. The minimum atomic E-state index is -0.316. The fourth-order valence-corrected chi connectivity index (χ4v) is 4.45. The van der Waals surface area contributed by atoms with E-state index in [1.807, 2.05) is 25.2 Å². The van der Waals surface area contributed by atoms with Crippen LogP contribution in [0.25, 0.3) is 10.9 Å². The number of piperidine rings is 1. The molecule has 0 radical (unpaired) electrons. The third-order valence-corrected chi connectivity index (χ3v) is 6.07. The molecule has 0 aliphatic carbocycles. The monoisotopic (exact) mass is 392 g/mol. The Bertz CT molecular complexity index is 1110. The van der Waals surface area contributed by atoms with Gasteiger partial charge in [-0.15, -0.1) is 0 Å². The molecule has 3 aromatic rings. The summed E-state index contributed by atoms with van der Waals surface area (Å²) in [5, 5.41) is 6.20. The molecule has 2 aliphatic rings. The maximum atomic E-state index is 12.1. The van der Waals surface area contributed by atoms with E-state index < -0.39 is 0 Å². The summed E-state index contributed by atoms with van der Waals surface area (Å²) in [5.74, 6) is 1.89. The second kappa shape index (κ2) is 6.61. The molecule has 29 heavy (non-hydrogen) atoms. The van der Waals surface area contributed by atoms with Crippen LogP contribution in [0.4, 0.5) is 17.6 Å². The van der Waals surface area contributed by atoms with Crippen LogP contribution in [-0.4, -0.2) is 52.9 Å². The molecule has 5 rings (SSSR count). The Hall–Kier alpha value is -3.36. The Kier molecular flexibility index (Phi) is 4.04. The number of hydrogen-bond acceptors (Lipinski definition) is 8. The second-order valence-corrected chi connectivity index (χ2v) is 7.93. The van der Waals surface area contributed by atoms with Crippen LogP contribution >= 0.6 is 0 Å². The van der Waals surface area contributed by atoms with Crippen LogP contribution in [0.15, 0.2) is 41.3 Å². The summed E-state index contributed by atoms with van der Waals surface area (Å²) in [7, 11) is 1.84. The molecule has 2 fully saturated rings. The Morgan fingerprint density at radius 3 is 2.55 bits per heavy atom. The molecule has 0 amide bonds. The van der Waals surface area contributed by atoms with Crippen molar-refractivity contribution in [1.82, 2.24) is 19.6 Å². The zero-order valence-electron chi connectivity index (χ0n) is 16.4. The van der Waals surface area contributed by atoms with E-state index in [4.69, 9.17) is 10.7 Å². The molecule has 2 aromatic heterocycles. The van der Waals surface area contributed by atoms with Crippen molar-refractivity contribution in [2.75, 3.05) is 54.2 Å². The van der Waals surface area contributed by atoms with Crippen molar-refractivity contribution in [3.63, 3.8) is 0 Å². The Labute approximate surface area is 168 Å². The summed E-state index contributed by atoms with van der Waals surface area (Å²) < 4.78 is 1.58. The highest BCUT2D eigenvalue weighted by Crippen LogP contribution is 2.43. The molecular formula is C20H24N8O. The second-order valence-electron chi connectivity index (χ2n) is 7.93. The minimum Gasteiger partial charge on any atom is -0.383 e. The van der Waals surface area contributed by atoms with E-state index in [1.165, 1.54) is 0 Å². The number of para-hydroxylation sites is 1. The van der Waals surface area contributed by atoms with Crippen LogP contribution in [0.5, 0.6) is 0 Å². The Morgan fingerprint density at radius 2 is 1.83 bits per heavy atom. The van der Waals surface area contributed by atoms with Crippen molar-refractivity contribution < 1.29 is 0 Å². The van der Waals surface area contributed by atoms with Gasteiger partial charge in [-0.2, -0.15) is 9.97 Å². The first-order valence-corrected chi connectivity index (χ1v) is 9.87. The van der Waals surface area contributed by atoms with Gasteiger partial charge in [0.05, 0.1) is 5.52 Å². The van der Waals surface area contributed by atoms with E-state index in [2.05, 4.69) is 31.3 Å². The number of nitrogens with two attached hydrogens (primary N) is 1. The first-order valence-electron chi connectivity index (χ1n) is 9.87. The number of anilines is 3. The third-order valence-electron chi connectivity index (χ3n) is 6.07. The van der Waals surface area contributed by atoms with E-state index >= 15 is 0 Å². The van der Waals surface area contributed by atoms with Gasteiger partial charge in [-0.05, 0) is 31.0 Å². The van der Waals surface area contributed by atoms with Gasteiger partial charge in [-0.3, -0.25) is 0 Å². The van der Waals surface area contributed by atoms with Crippen molar-refractivity contribution in [3.8, 4) is 0 Å². The summed E-state index contributed by atoms with van der Waals surface area (Å²) in [6.45, 7) is 3.59. The average molecular weight is 392 g/mol. The van der Waals surface area contributed by atoms with Crippen molar-refractivity contribution in [2.45, 2.75) is 12.8 Å². The molecule has 0 unspecified atom stereocenters. The van der Waals surface area contributed by atoms with Crippen LogP contribution < -0.4 is 26.6 Å². The molecule has 0 bridgehead atoms. The molecule has 1 aromatic carbocycles. The number of nitrogen functional groups attached to an aromatic ring is 1. The summed E-state index contributed by atoms with van der Waals surface area (Å²) in [4.78, 5) is 27.6. The predicted octanol–water partition coefficient (Wildman–Crippen LogP) is 1.05. The number of hydrogen-bond donors (Lipinski definition) is 2. The molecule has 3 N–H and O–H groups in total. The smallest absolute Gasteiger partial charge is 0.368 e.